The van der Waals surface area contributed by atoms with Gasteiger partial charge in [-0.15, -0.1) is 5.10 Å². The van der Waals surface area contributed by atoms with Gasteiger partial charge in [-0.05, 0) is 55.8 Å². The molecule has 4 aromatic rings. The molecule has 0 bridgehead atoms. The zero-order chi connectivity index (χ0) is 21.8. The van der Waals surface area contributed by atoms with Crippen molar-refractivity contribution >= 4 is 23.2 Å². The van der Waals surface area contributed by atoms with Crippen LogP contribution in [0.4, 0.5) is 5.69 Å². The van der Waals surface area contributed by atoms with Crippen molar-refractivity contribution < 1.29 is 9.53 Å². The molecule has 7 heteroatoms. The summed E-state index contributed by atoms with van der Waals surface area (Å²) in [5.41, 5.74) is 3.15. The second-order valence-corrected chi connectivity index (χ2v) is 7.29. The Kier molecular flexibility index (Phi) is 6.00. The Balaban J connectivity index is 1.69. The molecule has 0 aliphatic heterocycles. The molecule has 0 unspecified atom stereocenters. The lowest BCUT2D eigenvalue weighted by molar-refractivity contribution is 0.101. The largest absolute Gasteiger partial charge is 0.494 e. The number of rotatable bonds is 6. The third-order valence-corrected chi connectivity index (χ3v) is 5.07. The Morgan fingerprint density at radius 2 is 1.81 bits per heavy atom. The van der Waals surface area contributed by atoms with Crippen LogP contribution in [-0.4, -0.2) is 27.3 Å². The fraction of sp³-hybridized carbons (Fsp3) is 0.125. The topological polar surface area (TPSA) is 69.0 Å². The highest BCUT2D eigenvalue weighted by atomic mass is 35.5. The van der Waals surface area contributed by atoms with E-state index in [2.05, 4.69) is 15.4 Å². The molecule has 4 rings (SSSR count). The van der Waals surface area contributed by atoms with Crippen molar-refractivity contribution in [1.82, 2.24) is 14.8 Å². The highest BCUT2D eigenvalue weighted by molar-refractivity contribution is 6.31. The van der Waals surface area contributed by atoms with Crippen LogP contribution in [0, 0.1) is 6.92 Å². The first-order chi connectivity index (χ1) is 15.0. The van der Waals surface area contributed by atoms with Crippen molar-refractivity contribution in [3.05, 3.63) is 89.2 Å². The Hall–Kier alpha value is -3.64. The van der Waals surface area contributed by atoms with Gasteiger partial charge in [-0.3, -0.25) is 4.79 Å². The molecule has 1 heterocycles. The Labute approximate surface area is 185 Å². The maximum Gasteiger partial charge on any atom is 0.295 e. The highest BCUT2D eigenvalue weighted by Crippen LogP contribution is 2.25. The molecule has 31 heavy (non-hydrogen) atoms. The molecule has 156 valence electrons. The van der Waals surface area contributed by atoms with Crippen molar-refractivity contribution in [1.29, 1.82) is 0 Å². The lowest BCUT2D eigenvalue weighted by atomic mass is 10.2. The van der Waals surface area contributed by atoms with Gasteiger partial charge in [-0.2, -0.15) is 0 Å². The molecule has 0 saturated heterocycles. The number of benzene rings is 3. The molecular weight excluding hydrogens is 412 g/mol. The summed E-state index contributed by atoms with van der Waals surface area (Å²) >= 11 is 6.32. The predicted molar refractivity (Wildman–Crippen MR) is 122 cm³/mol. The number of aromatic nitrogens is 3. The number of ether oxygens (including phenoxy) is 1. The average Bonchev–Trinajstić information content (AvgIpc) is 3.23. The van der Waals surface area contributed by atoms with Gasteiger partial charge in [-0.1, -0.05) is 48.0 Å². The van der Waals surface area contributed by atoms with Gasteiger partial charge in [0.15, 0.2) is 5.82 Å². The molecule has 0 radical (unpaired) electrons. The van der Waals surface area contributed by atoms with Gasteiger partial charge in [0.2, 0.25) is 5.82 Å². The van der Waals surface area contributed by atoms with Crippen LogP contribution in [0.2, 0.25) is 5.02 Å². The van der Waals surface area contributed by atoms with Crippen LogP contribution in [0.25, 0.3) is 17.1 Å². The molecule has 1 aromatic heterocycles. The van der Waals surface area contributed by atoms with Crippen LogP contribution < -0.4 is 10.1 Å². The van der Waals surface area contributed by atoms with Crippen LogP contribution in [0.3, 0.4) is 0 Å². The van der Waals surface area contributed by atoms with Gasteiger partial charge in [-0.25, -0.2) is 9.67 Å². The maximum atomic E-state index is 12.9. The van der Waals surface area contributed by atoms with E-state index in [1.807, 2.05) is 62.4 Å². The minimum absolute atomic E-state index is 0.0597. The van der Waals surface area contributed by atoms with Crippen molar-refractivity contribution in [2.45, 2.75) is 13.8 Å². The molecule has 0 aliphatic carbocycles. The van der Waals surface area contributed by atoms with Crippen molar-refractivity contribution in [3.63, 3.8) is 0 Å². The van der Waals surface area contributed by atoms with Gasteiger partial charge in [0.25, 0.3) is 5.91 Å². The maximum absolute atomic E-state index is 12.9. The number of aryl methyl sites for hydroxylation is 1. The summed E-state index contributed by atoms with van der Waals surface area (Å²) in [6, 6.07) is 22.4. The number of hydrogen-bond acceptors (Lipinski definition) is 4. The summed E-state index contributed by atoms with van der Waals surface area (Å²) < 4.78 is 7.07. The molecule has 1 amide bonds. The van der Waals surface area contributed by atoms with Crippen molar-refractivity contribution in [2.75, 3.05) is 11.9 Å². The van der Waals surface area contributed by atoms with Crippen molar-refractivity contribution in [3.8, 4) is 22.8 Å². The lowest BCUT2D eigenvalue weighted by Gasteiger charge is -2.07. The molecule has 3 aromatic carbocycles. The molecule has 6 nitrogen and oxygen atoms in total. The van der Waals surface area contributed by atoms with E-state index >= 15 is 0 Å². The minimum atomic E-state index is -0.404. The second-order valence-electron chi connectivity index (χ2n) is 6.88. The number of hydrogen-bond donors (Lipinski definition) is 1. The van der Waals surface area contributed by atoms with Crippen LogP contribution >= 0.6 is 11.6 Å². The molecule has 0 saturated carbocycles. The standard InChI is InChI=1S/C24H21ClN4O2/c1-3-31-20-13-10-18(11-14-20)26-24(30)22-27-23(17-7-5-4-6-8-17)29(28-22)19-12-9-16(2)21(25)15-19/h4-15H,3H2,1-2H3,(H,26,30). The summed E-state index contributed by atoms with van der Waals surface area (Å²) in [7, 11) is 0. The summed E-state index contributed by atoms with van der Waals surface area (Å²) in [5.74, 6) is 0.950. The summed E-state index contributed by atoms with van der Waals surface area (Å²) in [6.07, 6.45) is 0. The molecule has 0 atom stereocenters. The lowest BCUT2D eigenvalue weighted by Crippen LogP contribution is -2.14. The van der Waals surface area contributed by atoms with E-state index in [-0.39, 0.29) is 5.82 Å². The zero-order valence-electron chi connectivity index (χ0n) is 17.2. The summed E-state index contributed by atoms with van der Waals surface area (Å²) in [4.78, 5) is 17.4. The van der Waals surface area contributed by atoms with Crippen LogP contribution in [0.15, 0.2) is 72.8 Å². The third-order valence-electron chi connectivity index (χ3n) is 4.67. The van der Waals surface area contributed by atoms with E-state index in [9.17, 15) is 4.79 Å². The van der Waals surface area contributed by atoms with Gasteiger partial charge < -0.3 is 10.1 Å². The number of nitrogens with one attached hydrogen (secondary N) is 1. The highest BCUT2D eigenvalue weighted by Gasteiger charge is 2.19. The van der Waals surface area contributed by atoms with Gasteiger partial charge >= 0.3 is 0 Å². The summed E-state index contributed by atoms with van der Waals surface area (Å²) in [6.45, 7) is 4.43. The smallest absolute Gasteiger partial charge is 0.295 e. The van der Waals surface area contributed by atoms with E-state index in [1.54, 1.807) is 28.9 Å². The quantitative estimate of drug-likeness (QED) is 0.434. The number of amides is 1. The molecule has 1 N–H and O–H groups in total. The van der Waals surface area contributed by atoms with E-state index in [0.717, 1.165) is 22.6 Å². The van der Waals surface area contributed by atoms with Crippen molar-refractivity contribution in [2.24, 2.45) is 0 Å². The monoisotopic (exact) mass is 432 g/mol. The Bertz CT molecular complexity index is 1200. The fourth-order valence-electron chi connectivity index (χ4n) is 3.06. The number of carbonyl (C=O) groups excluding carboxylic acids is 1. The average molecular weight is 433 g/mol. The molecule has 0 fully saturated rings. The molecule has 0 spiro atoms. The first kappa shape index (κ1) is 20.6. The first-order valence-electron chi connectivity index (χ1n) is 9.88. The Morgan fingerprint density at radius 3 is 2.48 bits per heavy atom. The molecular formula is C24H21ClN4O2. The number of carbonyl (C=O) groups is 1. The van der Waals surface area contributed by atoms with E-state index in [4.69, 9.17) is 16.3 Å². The van der Waals surface area contributed by atoms with Gasteiger partial charge in [0.05, 0.1) is 12.3 Å². The predicted octanol–water partition coefficient (Wildman–Crippen LogP) is 5.55. The van der Waals surface area contributed by atoms with Crippen LogP contribution in [0.1, 0.15) is 23.1 Å². The SMILES string of the molecule is CCOc1ccc(NC(=O)c2nc(-c3ccccc3)n(-c3ccc(C)c(Cl)c3)n2)cc1. The van der Waals surface area contributed by atoms with Gasteiger partial charge in [0, 0.05) is 16.3 Å². The van der Waals surface area contributed by atoms with E-state index < -0.39 is 5.91 Å². The zero-order valence-corrected chi connectivity index (χ0v) is 17.9. The Morgan fingerprint density at radius 1 is 1.06 bits per heavy atom. The van der Waals surface area contributed by atoms with Gasteiger partial charge in [0.1, 0.15) is 5.75 Å². The third kappa shape index (κ3) is 4.59. The minimum Gasteiger partial charge on any atom is -0.494 e. The van der Waals surface area contributed by atoms with Crippen LogP contribution in [0.5, 0.6) is 5.75 Å². The second kappa shape index (κ2) is 9.02. The fourth-order valence-corrected chi connectivity index (χ4v) is 3.24. The van der Waals surface area contributed by atoms with E-state index in [1.165, 1.54) is 0 Å². The van der Waals surface area contributed by atoms with Crippen LogP contribution in [-0.2, 0) is 0 Å². The normalized spacial score (nSPS) is 10.7. The number of nitrogens with zero attached hydrogens (tertiary/aromatic N) is 3. The molecule has 0 aliphatic rings. The number of halogens is 1. The van der Waals surface area contributed by atoms with E-state index in [0.29, 0.717) is 23.1 Å². The first-order valence-corrected chi connectivity index (χ1v) is 10.3. The number of anilines is 1. The summed E-state index contributed by atoms with van der Waals surface area (Å²) in [5, 5.41) is 7.93.